The first kappa shape index (κ1) is 9.99. The van der Waals surface area contributed by atoms with E-state index in [0.717, 1.165) is 25.9 Å². The zero-order valence-corrected chi connectivity index (χ0v) is 8.60. The van der Waals surface area contributed by atoms with Gasteiger partial charge in [-0.05, 0) is 47.8 Å². The maximum absolute atomic E-state index is 11.0. The summed E-state index contributed by atoms with van der Waals surface area (Å²) in [6, 6.07) is 0. The fraction of sp³-hybridized carbons (Fsp3) is 0.875. The van der Waals surface area contributed by atoms with Gasteiger partial charge in [0.05, 0.1) is 0 Å². The molecule has 0 amide bonds. The zero-order valence-electron chi connectivity index (χ0n) is 7.01. The number of carbonyl (C=O) groups is 1. The fourth-order valence-corrected chi connectivity index (χ4v) is 1.70. The van der Waals surface area contributed by atoms with E-state index in [0.29, 0.717) is 17.9 Å². The van der Waals surface area contributed by atoms with Crippen LogP contribution in [0.25, 0.3) is 0 Å². The summed E-state index contributed by atoms with van der Waals surface area (Å²) in [7, 11) is 0. The van der Waals surface area contributed by atoms with Crippen LogP contribution in [0.3, 0.4) is 0 Å². The highest BCUT2D eigenvalue weighted by Gasteiger charge is 2.16. The Balaban J connectivity index is 2.15. The first-order chi connectivity index (χ1) is 5.83. The van der Waals surface area contributed by atoms with E-state index in [2.05, 4.69) is 21.2 Å². The van der Waals surface area contributed by atoms with Crippen molar-refractivity contribution in [2.45, 2.75) is 19.3 Å². The van der Waals surface area contributed by atoms with Gasteiger partial charge in [0.1, 0.15) is 5.52 Å². The SMILES string of the molecule is O=C(CC1CCNCC1)OCBr. The van der Waals surface area contributed by atoms with Gasteiger partial charge in [-0.2, -0.15) is 0 Å². The number of esters is 1. The Labute approximate surface area is 81.0 Å². The first-order valence-corrected chi connectivity index (χ1v) is 5.37. The quantitative estimate of drug-likeness (QED) is 0.592. The number of nitrogens with one attached hydrogen (secondary N) is 1. The fourth-order valence-electron chi connectivity index (χ4n) is 1.44. The smallest absolute Gasteiger partial charge is 0.306 e. The third-order valence-corrected chi connectivity index (χ3v) is 2.36. The molecule has 1 saturated heterocycles. The number of carbonyl (C=O) groups excluding carboxylic acids is 1. The van der Waals surface area contributed by atoms with Gasteiger partial charge in [0.25, 0.3) is 0 Å². The van der Waals surface area contributed by atoms with Crippen molar-refractivity contribution >= 4 is 21.9 Å². The molecule has 1 rings (SSSR count). The van der Waals surface area contributed by atoms with Crippen molar-refractivity contribution in [3.05, 3.63) is 0 Å². The van der Waals surface area contributed by atoms with E-state index in [1.54, 1.807) is 0 Å². The molecule has 0 atom stereocenters. The van der Waals surface area contributed by atoms with E-state index in [-0.39, 0.29) is 5.97 Å². The lowest BCUT2D eigenvalue weighted by Crippen LogP contribution is -2.29. The van der Waals surface area contributed by atoms with E-state index in [9.17, 15) is 4.79 Å². The Kier molecular flexibility index (Phi) is 4.61. The molecular weight excluding hydrogens is 222 g/mol. The number of piperidine rings is 1. The largest absolute Gasteiger partial charge is 0.454 e. The maximum atomic E-state index is 11.0. The van der Waals surface area contributed by atoms with Gasteiger partial charge in [-0.1, -0.05) is 0 Å². The van der Waals surface area contributed by atoms with Crippen molar-refractivity contribution < 1.29 is 9.53 Å². The lowest BCUT2D eigenvalue weighted by molar-refractivity contribution is -0.142. The number of rotatable bonds is 3. The van der Waals surface area contributed by atoms with Crippen molar-refractivity contribution in [1.82, 2.24) is 5.32 Å². The highest BCUT2D eigenvalue weighted by Crippen LogP contribution is 2.16. The number of hydrogen-bond acceptors (Lipinski definition) is 3. The lowest BCUT2D eigenvalue weighted by Gasteiger charge is -2.21. The minimum atomic E-state index is -0.0845. The van der Waals surface area contributed by atoms with Gasteiger partial charge in [0, 0.05) is 6.42 Å². The summed E-state index contributed by atoms with van der Waals surface area (Å²) < 4.78 is 4.80. The molecule has 0 aromatic rings. The Bertz CT molecular complexity index is 146. The van der Waals surface area contributed by atoms with E-state index in [1.807, 2.05) is 0 Å². The molecule has 70 valence electrons. The van der Waals surface area contributed by atoms with Crippen molar-refractivity contribution in [3.63, 3.8) is 0 Å². The Morgan fingerprint density at radius 2 is 2.17 bits per heavy atom. The van der Waals surface area contributed by atoms with E-state index < -0.39 is 0 Å². The van der Waals surface area contributed by atoms with Crippen molar-refractivity contribution in [2.75, 3.05) is 18.6 Å². The van der Waals surface area contributed by atoms with E-state index in [4.69, 9.17) is 4.74 Å². The average molecular weight is 236 g/mol. The van der Waals surface area contributed by atoms with Gasteiger partial charge in [0.15, 0.2) is 0 Å². The standard InChI is InChI=1S/C8H14BrNO2/c9-6-12-8(11)5-7-1-3-10-4-2-7/h7,10H,1-6H2. The molecular formula is C8H14BrNO2. The summed E-state index contributed by atoms with van der Waals surface area (Å²) in [6.45, 7) is 2.07. The van der Waals surface area contributed by atoms with Crippen molar-refractivity contribution in [1.29, 1.82) is 0 Å². The maximum Gasteiger partial charge on any atom is 0.306 e. The molecule has 1 aliphatic rings. The van der Waals surface area contributed by atoms with Crippen LogP contribution in [0.2, 0.25) is 0 Å². The van der Waals surface area contributed by atoms with Gasteiger partial charge in [-0.25, -0.2) is 0 Å². The molecule has 0 aliphatic carbocycles. The monoisotopic (exact) mass is 235 g/mol. The summed E-state index contributed by atoms with van der Waals surface area (Å²) >= 11 is 3.06. The van der Waals surface area contributed by atoms with Crippen LogP contribution >= 0.6 is 15.9 Å². The lowest BCUT2D eigenvalue weighted by atomic mass is 9.95. The minimum Gasteiger partial charge on any atom is -0.454 e. The molecule has 0 unspecified atom stereocenters. The minimum absolute atomic E-state index is 0.0845. The molecule has 0 bridgehead atoms. The molecule has 3 nitrogen and oxygen atoms in total. The number of ether oxygens (including phenoxy) is 1. The number of alkyl halides is 1. The first-order valence-electron chi connectivity index (χ1n) is 4.25. The van der Waals surface area contributed by atoms with Crippen LogP contribution in [0.5, 0.6) is 0 Å². The summed E-state index contributed by atoms with van der Waals surface area (Å²) in [5, 5.41) is 3.26. The second-order valence-electron chi connectivity index (χ2n) is 3.02. The summed E-state index contributed by atoms with van der Waals surface area (Å²) in [4.78, 5) is 11.0. The summed E-state index contributed by atoms with van der Waals surface area (Å²) in [6.07, 6.45) is 2.77. The molecule has 12 heavy (non-hydrogen) atoms. The van der Waals surface area contributed by atoms with Crippen LogP contribution < -0.4 is 5.32 Å². The normalized spacial score (nSPS) is 19.1. The third kappa shape index (κ3) is 3.54. The van der Waals surface area contributed by atoms with Crippen LogP contribution in [-0.4, -0.2) is 24.6 Å². The summed E-state index contributed by atoms with van der Waals surface area (Å²) in [5.74, 6) is 0.441. The Morgan fingerprint density at radius 1 is 1.50 bits per heavy atom. The molecule has 0 radical (unpaired) electrons. The van der Waals surface area contributed by atoms with Crippen LogP contribution in [0.1, 0.15) is 19.3 Å². The molecule has 0 saturated carbocycles. The van der Waals surface area contributed by atoms with Crippen molar-refractivity contribution in [3.8, 4) is 0 Å². The van der Waals surface area contributed by atoms with Crippen LogP contribution in [0, 0.1) is 5.92 Å². The predicted octanol–water partition coefficient (Wildman–Crippen LogP) is 1.27. The Hall–Kier alpha value is -0.0900. The highest BCUT2D eigenvalue weighted by atomic mass is 79.9. The number of halogens is 1. The molecule has 0 aromatic carbocycles. The van der Waals surface area contributed by atoms with Gasteiger partial charge in [-0.15, -0.1) is 0 Å². The molecule has 1 aliphatic heterocycles. The zero-order chi connectivity index (χ0) is 8.81. The van der Waals surface area contributed by atoms with E-state index >= 15 is 0 Å². The molecule has 0 aromatic heterocycles. The molecule has 0 spiro atoms. The van der Waals surface area contributed by atoms with Gasteiger partial charge in [0.2, 0.25) is 0 Å². The van der Waals surface area contributed by atoms with Crippen LogP contribution in [-0.2, 0) is 9.53 Å². The Morgan fingerprint density at radius 3 is 2.75 bits per heavy atom. The molecule has 1 heterocycles. The molecule has 4 heteroatoms. The molecule has 1 fully saturated rings. The second-order valence-corrected chi connectivity index (χ2v) is 3.48. The van der Waals surface area contributed by atoms with Crippen LogP contribution in [0.4, 0.5) is 0 Å². The average Bonchev–Trinajstić information content (AvgIpc) is 2.06. The number of hydrogen-bond donors (Lipinski definition) is 1. The molecule has 1 N–H and O–H groups in total. The second kappa shape index (κ2) is 5.54. The van der Waals surface area contributed by atoms with Crippen molar-refractivity contribution in [2.24, 2.45) is 5.92 Å². The highest BCUT2D eigenvalue weighted by molar-refractivity contribution is 9.09. The van der Waals surface area contributed by atoms with E-state index in [1.165, 1.54) is 0 Å². The topological polar surface area (TPSA) is 38.3 Å². The van der Waals surface area contributed by atoms with Gasteiger partial charge >= 0.3 is 5.97 Å². The summed E-state index contributed by atoms with van der Waals surface area (Å²) in [5.41, 5.74) is 0.316. The predicted molar refractivity (Wildman–Crippen MR) is 50.1 cm³/mol. The third-order valence-electron chi connectivity index (χ3n) is 2.13. The van der Waals surface area contributed by atoms with Crippen LogP contribution in [0.15, 0.2) is 0 Å². The van der Waals surface area contributed by atoms with Gasteiger partial charge < -0.3 is 10.1 Å². The van der Waals surface area contributed by atoms with Gasteiger partial charge in [-0.3, -0.25) is 4.79 Å².